The smallest absolute Gasteiger partial charge is 0.409 e. The maximum Gasteiger partial charge on any atom is 0.409 e. The predicted octanol–water partition coefficient (Wildman–Crippen LogP) is 2.81. The number of rotatable bonds is 4. The van der Waals surface area contributed by atoms with Gasteiger partial charge >= 0.3 is 6.09 Å². The number of carbonyl (C=O) groups excluding carboxylic acids is 2. The zero-order valence-electron chi connectivity index (χ0n) is 15.7. The molecule has 28 heavy (non-hydrogen) atoms. The van der Waals surface area contributed by atoms with E-state index in [9.17, 15) is 14.0 Å². The zero-order valence-corrected chi connectivity index (χ0v) is 15.7. The minimum absolute atomic E-state index is 0.00982. The first-order valence-electron chi connectivity index (χ1n) is 9.48. The van der Waals surface area contributed by atoms with Gasteiger partial charge < -0.3 is 19.1 Å². The Kier molecular flexibility index (Phi) is 4.78. The molecule has 0 unspecified atom stereocenters. The standard InChI is InChI=1S/C20H22FN3O4/c1-2-27-19(26)24-11-9-23(10-12-24)18(25)20(7-8-20)17-13-16(28-22-17)14-5-3-4-6-15(14)21/h3-6,13H,2,7-12H2,1H3. The fourth-order valence-corrected chi connectivity index (χ4v) is 3.60. The average molecular weight is 387 g/mol. The van der Waals surface area contributed by atoms with Gasteiger partial charge in [-0.2, -0.15) is 0 Å². The number of nitrogens with zero attached hydrogens (tertiary/aromatic N) is 3. The molecule has 0 atom stereocenters. The molecule has 0 N–H and O–H groups in total. The fourth-order valence-electron chi connectivity index (χ4n) is 3.60. The number of aromatic nitrogens is 1. The lowest BCUT2D eigenvalue weighted by Gasteiger charge is -2.35. The number of halogens is 1. The minimum Gasteiger partial charge on any atom is -0.450 e. The molecule has 8 heteroatoms. The van der Waals surface area contributed by atoms with Crippen molar-refractivity contribution >= 4 is 12.0 Å². The van der Waals surface area contributed by atoms with Crippen molar-refractivity contribution in [2.45, 2.75) is 25.2 Å². The molecule has 0 radical (unpaired) electrons. The van der Waals surface area contributed by atoms with Gasteiger partial charge in [-0.05, 0) is 31.9 Å². The number of ether oxygens (including phenoxy) is 1. The van der Waals surface area contributed by atoms with Gasteiger partial charge in [-0.1, -0.05) is 17.3 Å². The molecule has 4 rings (SSSR count). The lowest BCUT2D eigenvalue weighted by Crippen LogP contribution is -2.53. The summed E-state index contributed by atoms with van der Waals surface area (Å²) >= 11 is 0. The maximum absolute atomic E-state index is 14.0. The second kappa shape index (κ2) is 7.26. The molecule has 1 aromatic heterocycles. The normalized spacial score (nSPS) is 18.1. The third kappa shape index (κ3) is 3.23. The molecule has 7 nitrogen and oxygen atoms in total. The van der Waals surface area contributed by atoms with Crippen LogP contribution in [0.3, 0.4) is 0 Å². The molecule has 1 aliphatic heterocycles. The summed E-state index contributed by atoms with van der Waals surface area (Å²) in [5, 5.41) is 4.08. The first kappa shape index (κ1) is 18.5. The molecule has 2 aliphatic rings. The summed E-state index contributed by atoms with van der Waals surface area (Å²) in [7, 11) is 0. The van der Waals surface area contributed by atoms with Crippen LogP contribution in [0.25, 0.3) is 11.3 Å². The summed E-state index contributed by atoms with van der Waals surface area (Å²) < 4.78 is 24.3. The van der Waals surface area contributed by atoms with Gasteiger partial charge in [0.15, 0.2) is 5.76 Å². The van der Waals surface area contributed by atoms with Crippen molar-refractivity contribution in [2.24, 2.45) is 0 Å². The Morgan fingerprint density at radius 1 is 1.18 bits per heavy atom. The second-order valence-corrected chi connectivity index (χ2v) is 7.12. The largest absolute Gasteiger partial charge is 0.450 e. The molecule has 1 saturated heterocycles. The van der Waals surface area contributed by atoms with Gasteiger partial charge in [0.05, 0.1) is 23.3 Å². The Hall–Kier alpha value is -2.90. The Morgan fingerprint density at radius 3 is 2.50 bits per heavy atom. The highest BCUT2D eigenvalue weighted by molar-refractivity contribution is 5.91. The van der Waals surface area contributed by atoms with Crippen LogP contribution in [0.1, 0.15) is 25.5 Å². The van der Waals surface area contributed by atoms with Crippen LogP contribution in [0.4, 0.5) is 9.18 Å². The van der Waals surface area contributed by atoms with E-state index in [0.717, 1.165) is 0 Å². The molecule has 1 saturated carbocycles. The van der Waals surface area contributed by atoms with Gasteiger partial charge in [0.1, 0.15) is 5.82 Å². The van der Waals surface area contributed by atoms with Crippen molar-refractivity contribution in [2.75, 3.05) is 32.8 Å². The van der Waals surface area contributed by atoms with E-state index < -0.39 is 11.2 Å². The second-order valence-electron chi connectivity index (χ2n) is 7.12. The number of piperazine rings is 1. The van der Waals surface area contributed by atoms with Crippen molar-refractivity contribution in [3.05, 3.63) is 41.8 Å². The van der Waals surface area contributed by atoms with Crippen molar-refractivity contribution in [3.8, 4) is 11.3 Å². The lowest BCUT2D eigenvalue weighted by molar-refractivity contribution is -0.135. The molecule has 148 valence electrons. The number of benzene rings is 1. The topological polar surface area (TPSA) is 75.9 Å². The van der Waals surface area contributed by atoms with Gasteiger partial charge in [-0.3, -0.25) is 4.79 Å². The van der Waals surface area contributed by atoms with Crippen LogP contribution in [0.15, 0.2) is 34.9 Å². The van der Waals surface area contributed by atoms with Gasteiger partial charge in [0, 0.05) is 32.2 Å². The Balaban J connectivity index is 1.46. The van der Waals surface area contributed by atoms with Gasteiger partial charge in [0.25, 0.3) is 0 Å². The Labute approximate surface area is 162 Å². The van der Waals surface area contributed by atoms with E-state index in [1.165, 1.54) is 6.07 Å². The SMILES string of the molecule is CCOC(=O)N1CCN(C(=O)C2(c3cc(-c4ccccc4F)on3)CC2)CC1. The first-order chi connectivity index (χ1) is 13.5. The third-order valence-corrected chi connectivity index (χ3v) is 5.39. The molecular weight excluding hydrogens is 365 g/mol. The minimum atomic E-state index is -0.695. The van der Waals surface area contributed by atoms with Crippen molar-refractivity contribution < 1.29 is 23.2 Å². The van der Waals surface area contributed by atoms with Gasteiger partial charge in [-0.25, -0.2) is 9.18 Å². The van der Waals surface area contributed by atoms with E-state index in [2.05, 4.69) is 5.16 Å². The van der Waals surface area contributed by atoms with E-state index >= 15 is 0 Å². The van der Waals surface area contributed by atoms with Crippen molar-refractivity contribution in [1.82, 2.24) is 15.0 Å². The number of hydrogen-bond donors (Lipinski definition) is 0. The molecule has 1 aliphatic carbocycles. The molecule has 0 bridgehead atoms. The van der Waals surface area contributed by atoms with Crippen LogP contribution in [-0.4, -0.2) is 59.7 Å². The van der Waals surface area contributed by atoms with E-state index in [0.29, 0.717) is 62.6 Å². The average Bonchev–Trinajstić information content (AvgIpc) is 3.38. The predicted molar refractivity (Wildman–Crippen MR) is 98.0 cm³/mol. The summed E-state index contributed by atoms with van der Waals surface area (Å²) in [6.45, 7) is 3.90. The van der Waals surface area contributed by atoms with E-state index in [4.69, 9.17) is 9.26 Å². The Bertz CT molecular complexity index is 885. The van der Waals surface area contributed by atoms with E-state index in [-0.39, 0.29) is 12.0 Å². The summed E-state index contributed by atoms with van der Waals surface area (Å²) in [5.41, 5.74) is 0.176. The first-order valence-corrected chi connectivity index (χ1v) is 9.48. The van der Waals surface area contributed by atoms with Crippen LogP contribution >= 0.6 is 0 Å². The molecular formula is C20H22FN3O4. The van der Waals surface area contributed by atoms with Gasteiger partial charge in [-0.15, -0.1) is 0 Å². The lowest BCUT2D eigenvalue weighted by atomic mass is 9.99. The maximum atomic E-state index is 14.0. The number of hydrogen-bond acceptors (Lipinski definition) is 5. The van der Waals surface area contributed by atoms with Crippen LogP contribution in [0.2, 0.25) is 0 Å². The summed E-state index contributed by atoms with van der Waals surface area (Å²) in [6, 6.07) is 7.98. The summed E-state index contributed by atoms with van der Waals surface area (Å²) in [5.74, 6) is -0.0832. The molecule has 2 amide bonds. The third-order valence-electron chi connectivity index (χ3n) is 5.39. The molecule has 2 fully saturated rings. The summed E-state index contributed by atoms with van der Waals surface area (Å²) in [4.78, 5) is 28.3. The molecule has 2 heterocycles. The van der Waals surface area contributed by atoms with E-state index in [1.807, 2.05) is 0 Å². The molecule has 2 aromatic rings. The van der Waals surface area contributed by atoms with Gasteiger partial charge in [0.2, 0.25) is 5.91 Å². The van der Waals surface area contributed by atoms with Crippen LogP contribution in [0.5, 0.6) is 0 Å². The highest BCUT2D eigenvalue weighted by Crippen LogP contribution is 2.50. The van der Waals surface area contributed by atoms with Crippen molar-refractivity contribution in [1.29, 1.82) is 0 Å². The van der Waals surface area contributed by atoms with E-state index in [1.54, 1.807) is 41.0 Å². The molecule has 1 aromatic carbocycles. The Morgan fingerprint density at radius 2 is 1.86 bits per heavy atom. The van der Waals surface area contributed by atoms with Crippen molar-refractivity contribution in [3.63, 3.8) is 0 Å². The zero-order chi connectivity index (χ0) is 19.7. The molecule has 0 spiro atoms. The van der Waals surface area contributed by atoms with Crippen LogP contribution < -0.4 is 0 Å². The highest BCUT2D eigenvalue weighted by atomic mass is 19.1. The quantitative estimate of drug-likeness (QED) is 0.806. The highest BCUT2D eigenvalue weighted by Gasteiger charge is 2.55. The monoisotopic (exact) mass is 387 g/mol. The number of amides is 2. The van der Waals surface area contributed by atoms with Crippen LogP contribution in [-0.2, 0) is 14.9 Å². The van der Waals surface area contributed by atoms with Crippen LogP contribution in [0, 0.1) is 5.82 Å². The summed E-state index contributed by atoms with van der Waals surface area (Å²) in [6.07, 6.45) is 1.03. The number of carbonyl (C=O) groups is 2. The fraction of sp³-hybridized carbons (Fsp3) is 0.450.